The fourth-order valence-electron chi connectivity index (χ4n) is 3.37. The summed E-state index contributed by atoms with van der Waals surface area (Å²) in [5, 5.41) is 7.26. The van der Waals surface area contributed by atoms with Gasteiger partial charge in [-0.1, -0.05) is 0 Å². The lowest BCUT2D eigenvalue weighted by atomic mass is 9.67. The van der Waals surface area contributed by atoms with Gasteiger partial charge in [0, 0.05) is 37.8 Å². The second-order valence-corrected chi connectivity index (χ2v) is 5.72. The van der Waals surface area contributed by atoms with Crippen molar-refractivity contribution in [2.24, 2.45) is 11.8 Å². The average molecular weight is 279 g/mol. The van der Waals surface area contributed by atoms with Gasteiger partial charge in [-0.2, -0.15) is 5.10 Å². The van der Waals surface area contributed by atoms with E-state index in [1.165, 1.54) is 0 Å². The zero-order chi connectivity index (χ0) is 14.1. The average Bonchev–Trinajstić information content (AvgIpc) is 3.00. The van der Waals surface area contributed by atoms with Crippen LogP contribution in [0.4, 0.5) is 0 Å². The van der Waals surface area contributed by atoms with E-state index < -0.39 is 0 Å². The molecule has 2 fully saturated rings. The van der Waals surface area contributed by atoms with Crippen LogP contribution in [-0.4, -0.2) is 48.2 Å². The monoisotopic (exact) mass is 279 g/mol. The zero-order valence-corrected chi connectivity index (χ0v) is 11.9. The van der Waals surface area contributed by atoms with Crippen LogP contribution in [0.2, 0.25) is 0 Å². The van der Waals surface area contributed by atoms with Crippen molar-refractivity contribution in [3.05, 3.63) is 18.0 Å². The Balaban J connectivity index is 1.57. The van der Waals surface area contributed by atoms with E-state index in [4.69, 9.17) is 9.47 Å². The largest absolute Gasteiger partial charge is 0.384 e. The molecule has 6 heteroatoms. The molecule has 6 nitrogen and oxygen atoms in total. The molecule has 0 unspecified atom stereocenters. The standard InChI is InChI=1S/C14H21N3O3/c1-9-5-15-17(6-9)7-12(18)16-13-10-3-4-20-14(10)11(13)8-19-2/h5-6,10-11,13-14H,3-4,7-8H2,1-2H3,(H,16,18)/t10-,11+,13+,14-/m0/s1. The maximum atomic E-state index is 12.1. The first-order chi connectivity index (χ1) is 9.69. The number of hydrogen-bond acceptors (Lipinski definition) is 4. The number of methoxy groups -OCH3 is 1. The van der Waals surface area contributed by atoms with E-state index in [0.29, 0.717) is 12.5 Å². The second-order valence-electron chi connectivity index (χ2n) is 5.72. The molecule has 1 N–H and O–H groups in total. The van der Waals surface area contributed by atoms with Crippen LogP contribution in [0.1, 0.15) is 12.0 Å². The van der Waals surface area contributed by atoms with Crippen LogP contribution in [0.3, 0.4) is 0 Å². The van der Waals surface area contributed by atoms with E-state index in [9.17, 15) is 4.79 Å². The normalized spacial score (nSPS) is 31.7. The smallest absolute Gasteiger partial charge is 0.241 e. The quantitative estimate of drug-likeness (QED) is 0.845. The molecule has 0 spiro atoms. The summed E-state index contributed by atoms with van der Waals surface area (Å²) in [5.74, 6) is 0.721. The highest BCUT2D eigenvalue weighted by Gasteiger charge is 2.54. The number of hydrogen-bond donors (Lipinski definition) is 1. The Labute approximate surface area is 118 Å². The highest BCUT2D eigenvalue weighted by molar-refractivity contribution is 5.76. The van der Waals surface area contributed by atoms with Gasteiger partial charge in [0.1, 0.15) is 6.54 Å². The van der Waals surface area contributed by atoms with Crippen LogP contribution >= 0.6 is 0 Å². The molecule has 4 atom stereocenters. The highest BCUT2D eigenvalue weighted by Crippen LogP contribution is 2.43. The third kappa shape index (κ3) is 2.45. The first kappa shape index (κ1) is 13.6. The van der Waals surface area contributed by atoms with E-state index in [2.05, 4.69) is 10.4 Å². The summed E-state index contributed by atoms with van der Waals surface area (Å²) >= 11 is 0. The fraction of sp³-hybridized carbons (Fsp3) is 0.714. The van der Waals surface area contributed by atoms with Crippen LogP contribution < -0.4 is 5.32 Å². The number of amides is 1. The molecular weight excluding hydrogens is 258 g/mol. The van der Waals surface area contributed by atoms with Gasteiger partial charge in [-0.15, -0.1) is 0 Å². The number of aryl methyl sites for hydroxylation is 1. The Morgan fingerprint density at radius 1 is 1.65 bits per heavy atom. The fourth-order valence-corrected chi connectivity index (χ4v) is 3.37. The third-order valence-corrected chi connectivity index (χ3v) is 4.28. The van der Waals surface area contributed by atoms with Gasteiger partial charge in [0.25, 0.3) is 0 Å². The van der Waals surface area contributed by atoms with Gasteiger partial charge >= 0.3 is 0 Å². The van der Waals surface area contributed by atoms with Gasteiger partial charge < -0.3 is 14.8 Å². The van der Waals surface area contributed by atoms with Crippen LogP contribution in [0.15, 0.2) is 12.4 Å². The lowest BCUT2D eigenvalue weighted by Crippen LogP contribution is -2.63. The summed E-state index contributed by atoms with van der Waals surface area (Å²) in [5.41, 5.74) is 1.06. The van der Waals surface area contributed by atoms with E-state index in [0.717, 1.165) is 18.6 Å². The number of carbonyl (C=O) groups excluding carboxylic acids is 1. The van der Waals surface area contributed by atoms with Crippen molar-refractivity contribution in [3.63, 3.8) is 0 Å². The topological polar surface area (TPSA) is 65.4 Å². The molecule has 1 saturated heterocycles. The van der Waals surface area contributed by atoms with Gasteiger partial charge in [0.2, 0.25) is 5.91 Å². The summed E-state index contributed by atoms with van der Waals surface area (Å²) < 4.78 is 12.6. The summed E-state index contributed by atoms with van der Waals surface area (Å²) in [4.78, 5) is 12.1. The SMILES string of the molecule is COC[C@@H]1[C@H](NC(=O)Cn2cc(C)cn2)[C@@H]2CCO[C@H]12. The van der Waals surface area contributed by atoms with Crippen molar-refractivity contribution in [3.8, 4) is 0 Å². The number of nitrogens with one attached hydrogen (secondary N) is 1. The summed E-state index contributed by atoms with van der Waals surface area (Å²) in [7, 11) is 1.69. The first-order valence-corrected chi connectivity index (χ1v) is 7.08. The Morgan fingerprint density at radius 2 is 2.50 bits per heavy atom. The minimum atomic E-state index is 0.00422. The third-order valence-electron chi connectivity index (χ3n) is 4.28. The molecule has 0 bridgehead atoms. The minimum absolute atomic E-state index is 0.00422. The number of nitrogens with zero attached hydrogens (tertiary/aromatic N) is 2. The molecule has 1 saturated carbocycles. The van der Waals surface area contributed by atoms with Crippen LogP contribution in [0, 0.1) is 18.8 Å². The van der Waals surface area contributed by atoms with Crippen molar-refractivity contribution in [2.75, 3.05) is 20.3 Å². The molecule has 1 aliphatic heterocycles. The molecule has 1 amide bonds. The number of carbonyl (C=O) groups is 1. The van der Waals surface area contributed by atoms with Gasteiger partial charge in [-0.25, -0.2) is 0 Å². The molecule has 1 aromatic rings. The zero-order valence-electron chi connectivity index (χ0n) is 11.9. The number of ether oxygens (including phenoxy) is 2. The predicted octanol–water partition coefficient (Wildman–Crippen LogP) is 0.358. The summed E-state index contributed by atoms with van der Waals surface area (Å²) in [6.45, 7) is 3.65. The Hall–Kier alpha value is -1.40. The number of aromatic nitrogens is 2. The van der Waals surface area contributed by atoms with Crippen molar-refractivity contribution in [1.29, 1.82) is 0 Å². The van der Waals surface area contributed by atoms with Gasteiger partial charge in [0.05, 0.1) is 18.9 Å². The van der Waals surface area contributed by atoms with Gasteiger partial charge in [-0.3, -0.25) is 9.48 Å². The summed E-state index contributed by atoms with van der Waals surface area (Å²) in [6, 6.07) is 0.173. The van der Waals surface area contributed by atoms with Gasteiger partial charge in [-0.05, 0) is 18.9 Å². The molecule has 110 valence electrons. The van der Waals surface area contributed by atoms with E-state index in [1.54, 1.807) is 18.0 Å². The Morgan fingerprint density at radius 3 is 3.20 bits per heavy atom. The molecule has 2 aliphatic rings. The van der Waals surface area contributed by atoms with Crippen molar-refractivity contribution in [2.45, 2.75) is 32.0 Å². The molecule has 0 radical (unpaired) electrons. The lowest BCUT2D eigenvalue weighted by Gasteiger charge is -2.47. The van der Waals surface area contributed by atoms with Crippen LogP contribution in [0.25, 0.3) is 0 Å². The van der Waals surface area contributed by atoms with Crippen molar-refractivity contribution in [1.82, 2.24) is 15.1 Å². The van der Waals surface area contributed by atoms with E-state index >= 15 is 0 Å². The maximum absolute atomic E-state index is 12.1. The van der Waals surface area contributed by atoms with Gasteiger partial charge in [0.15, 0.2) is 0 Å². The van der Waals surface area contributed by atoms with Crippen molar-refractivity contribution < 1.29 is 14.3 Å². The molecule has 1 aliphatic carbocycles. The summed E-state index contributed by atoms with van der Waals surface area (Å²) in [6.07, 6.45) is 4.91. The molecule has 20 heavy (non-hydrogen) atoms. The van der Waals surface area contributed by atoms with Crippen molar-refractivity contribution >= 4 is 5.91 Å². The predicted molar refractivity (Wildman–Crippen MR) is 72.1 cm³/mol. The number of rotatable bonds is 5. The maximum Gasteiger partial charge on any atom is 0.241 e. The van der Waals surface area contributed by atoms with Crippen LogP contribution in [0.5, 0.6) is 0 Å². The molecular formula is C14H21N3O3. The Kier molecular flexibility index (Phi) is 3.76. The van der Waals surface area contributed by atoms with E-state index in [-0.39, 0.29) is 30.5 Å². The minimum Gasteiger partial charge on any atom is -0.384 e. The lowest BCUT2D eigenvalue weighted by molar-refractivity contribution is -0.130. The first-order valence-electron chi connectivity index (χ1n) is 7.08. The Bertz CT molecular complexity index is 488. The molecule has 1 aromatic heterocycles. The molecule has 3 rings (SSSR count). The number of fused-ring (bicyclic) bond motifs is 1. The highest BCUT2D eigenvalue weighted by atomic mass is 16.5. The molecule has 2 heterocycles. The second kappa shape index (κ2) is 5.54. The van der Waals surface area contributed by atoms with Crippen LogP contribution in [-0.2, 0) is 20.8 Å². The molecule has 0 aromatic carbocycles. The van der Waals surface area contributed by atoms with E-state index in [1.807, 2.05) is 13.1 Å².